The number of benzene rings is 3. The molecule has 5 unspecified atom stereocenters. The maximum Gasteiger partial charge on any atom is 0.345 e. The van der Waals surface area contributed by atoms with E-state index in [1.165, 1.54) is 42.4 Å². The van der Waals surface area contributed by atoms with Crippen LogP contribution in [0, 0.1) is 5.92 Å². The van der Waals surface area contributed by atoms with Gasteiger partial charge >= 0.3 is 6.03 Å². The number of nitrogens with one attached hydrogen (secondary N) is 13. The van der Waals surface area contributed by atoms with Crippen molar-refractivity contribution >= 4 is 112 Å². The molecule has 1 saturated heterocycles. The second-order valence-electron chi connectivity index (χ2n) is 28.8. The number of aliphatic hydroxyl groups excluding tert-OH is 3. The van der Waals surface area contributed by atoms with Gasteiger partial charge in [-0.05, 0) is 164 Å². The second-order valence-corrected chi connectivity index (χ2v) is 29.9. The van der Waals surface area contributed by atoms with E-state index < -0.39 is 175 Å². The number of pyridine rings is 1. The Morgan fingerprint density at radius 1 is 0.644 bits per heavy atom. The van der Waals surface area contributed by atoms with Crippen LogP contribution in [0.5, 0.6) is 0 Å². The Morgan fingerprint density at radius 3 is 1.84 bits per heavy atom. The van der Waals surface area contributed by atoms with Gasteiger partial charge in [-0.1, -0.05) is 74.1 Å². The van der Waals surface area contributed by atoms with E-state index in [1.807, 2.05) is 36.4 Å². The highest BCUT2D eigenvalue weighted by Crippen LogP contribution is 2.34. The van der Waals surface area contributed by atoms with Crippen molar-refractivity contribution in [2.75, 3.05) is 66.5 Å². The predicted octanol–water partition coefficient (Wildman–Crippen LogP) is -4.81. The molecule has 13 amide bonds. The molecule has 3 heterocycles. The zero-order valence-corrected chi connectivity index (χ0v) is 67.9. The average Bonchev–Trinajstić information content (AvgIpc) is 1.63. The Kier molecular flexibility index (Phi) is 39.6. The summed E-state index contributed by atoms with van der Waals surface area (Å²) in [5, 5.41) is 72.9. The molecule has 1 aliphatic rings. The molecular formula is C78H115N23O16S. The van der Waals surface area contributed by atoms with Crippen molar-refractivity contribution in [3.05, 3.63) is 120 Å². The van der Waals surface area contributed by atoms with Crippen molar-refractivity contribution < 1.29 is 77.6 Å². The average molecular weight is 1660 g/mol. The first-order valence-electron chi connectivity index (χ1n) is 39.1. The molecule has 39 nitrogen and oxygen atoms in total. The number of nitrogens with two attached hydrogens (primary N) is 6. The zero-order valence-electron chi connectivity index (χ0n) is 67.1. The molecule has 1 aliphatic heterocycles. The minimum absolute atomic E-state index is 0.0208. The molecular weight excluding hydrogens is 1550 g/mol. The van der Waals surface area contributed by atoms with Crippen LogP contribution in [0.4, 0.5) is 4.79 Å². The van der Waals surface area contributed by atoms with Gasteiger partial charge in [0.1, 0.15) is 54.6 Å². The molecule has 6 rings (SSSR count). The van der Waals surface area contributed by atoms with Gasteiger partial charge in [0.15, 0.2) is 0 Å². The number of hydrogen-bond acceptors (Lipinski definition) is 26. The molecule has 0 aliphatic carbocycles. The van der Waals surface area contributed by atoms with Gasteiger partial charge in [0.05, 0.1) is 52.8 Å². The van der Waals surface area contributed by atoms with E-state index in [4.69, 9.17) is 34.4 Å². The lowest BCUT2D eigenvalue weighted by Crippen LogP contribution is -2.63. The minimum Gasteiger partial charge on any atom is -0.391 e. The molecule has 1 fully saturated rings. The van der Waals surface area contributed by atoms with E-state index in [1.54, 1.807) is 86.8 Å². The van der Waals surface area contributed by atoms with Crippen molar-refractivity contribution in [1.82, 2.24) is 88.8 Å². The topological polar surface area (TPSA) is 629 Å². The number of amides is 13. The zero-order chi connectivity index (χ0) is 86.7. The molecule has 5 aromatic rings. The van der Waals surface area contributed by atoms with Gasteiger partial charge in [-0.15, -0.1) is 0 Å². The van der Waals surface area contributed by atoms with E-state index in [9.17, 15) is 77.6 Å². The smallest absolute Gasteiger partial charge is 0.345 e. The highest BCUT2D eigenvalue weighted by atomic mass is 32.2. The fourth-order valence-electron chi connectivity index (χ4n) is 12.5. The molecule has 0 bridgehead atoms. The number of nitrogens with zero attached hydrogens (tertiary/aromatic N) is 4. The Bertz CT molecular complexity index is 4240. The van der Waals surface area contributed by atoms with E-state index in [-0.39, 0.29) is 109 Å². The SMILES string of the molecule is CNC(=O)c1ccccc1Sc1ccc2c(/C=C/c3ccccn3)nn(C(=O)N(C)CCNC(=O)[C@H](N)CCC(=O)N[C@@H](CCN)C(=O)NC(C(=O)N[C@H](CCN)[C@@H](O)N[C@@H]3CCNC(=O)C(C(C)O)NC(=O)C(CCN)NC(=O)[C@H](CCN)NC(=O)[C@H](CC(C)C)NC(=O)[C@H](Cc4ccccc4)NC(=O)C(CCN)NC3=O)[C@H](C)O)c2c1. The third kappa shape index (κ3) is 29.6. The predicted molar refractivity (Wildman–Crippen MR) is 440 cm³/mol. The van der Waals surface area contributed by atoms with Crippen molar-refractivity contribution in [2.45, 2.75) is 187 Å². The lowest BCUT2D eigenvalue weighted by atomic mass is 10.00. The Morgan fingerprint density at radius 2 is 1.24 bits per heavy atom. The van der Waals surface area contributed by atoms with Gasteiger partial charge in [0.2, 0.25) is 65.0 Å². The monoisotopic (exact) mass is 1660 g/mol. The quantitative estimate of drug-likeness (QED) is 0.0167. The summed E-state index contributed by atoms with van der Waals surface area (Å²) in [6.45, 7) is 4.37. The highest BCUT2D eigenvalue weighted by Gasteiger charge is 2.38. The van der Waals surface area contributed by atoms with Gasteiger partial charge in [-0.2, -0.15) is 9.78 Å². The largest absolute Gasteiger partial charge is 0.391 e. The summed E-state index contributed by atoms with van der Waals surface area (Å²) in [6, 6.07) is 9.44. The number of likely N-dealkylation sites (N-methyl/N-ethyl adjacent to an activating group) is 1. The van der Waals surface area contributed by atoms with Crippen LogP contribution in [0.15, 0.2) is 107 Å². The van der Waals surface area contributed by atoms with Crippen LogP contribution < -0.4 is 104 Å². The van der Waals surface area contributed by atoms with E-state index in [2.05, 4.69) is 79.2 Å². The first kappa shape index (κ1) is 95.9. The van der Waals surface area contributed by atoms with Gasteiger partial charge in [0, 0.05) is 67.9 Å². The van der Waals surface area contributed by atoms with Gasteiger partial charge in [-0.3, -0.25) is 67.8 Å². The molecule has 28 N–H and O–H groups in total. The maximum atomic E-state index is 14.8. The molecule has 0 spiro atoms. The molecule has 14 atom stereocenters. The highest BCUT2D eigenvalue weighted by molar-refractivity contribution is 7.99. The van der Waals surface area contributed by atoms with E-state index in [0.29, 0.717) is 43.2 Å². The molecule has 644 valence electrons. The third-order valence-electron chi connectivity index (χ3n) is 19.0. The fourth-order valence-corrected chi connectivity index (χ4v) is 13.5. The normalized spacial score (nSPS) is 20.0. The van der Waals surface area contributed by atoms with Crippen LogP contribution in [-0.2, 0) is 59.2 Å². The Labute approximate surface area is 688 Å². The first-order chi connectivity index (χ1) is 56.3. The number of carbonyl (C=O) groups excluding carboxylic acids is 13. The van der Waals surface area contributed by atoms with E-state index >= 15 is 0 Å². The van der Waals surface area contributed by atoms with E-state index in [0.717, 1.165) is 6.92 Å². The fraction of sp³-hybridized carbons (Fsp3) is 0.500. The van der Waals surface area contributed by atoms with Crippen molar-refractivity contribution in [3.8, 4) is 0 Å². The Balaban J connectivity index is 1.14. The van der Waals surface area contributed by atoms with Crippen LogP contribution in [0.25, 0.3) is 23.1 Å². The van der Waals surface area contributed by atoms with Crippen LogP contribution >= 0.6 is 11.8 Å². The standard InChI is InChI=1S/C78H115N23O16S/c1-43(2)40-59-74(113)92-54(26-32-80)68(107)91-57(29-35-83)73(112)97-64(44(3)102)76(115)87-37-30-58(71(110)90-55(27-33-81)70(109)96-60(75(114)95-59)41-46-14-8-7-9-15-46)93-69(108)56(28-34-82)94-77(116)65(45(4)103)98-72(111)53(25-31-79)89-63(104)24-22-51(84)67(106)88-38-39-100(6)78(117)101-61-42-48(118-62-18-11-10-17-50(62)66(105)85-5)20-21-49(61)52(99-101)23-19-47-16-12-13-36-86-47/h7-21,23,36,42-45,51,53-60,64-65,69,93,102-103,108H,22,24-35,37-41,79-84H2,1-6H3,(H,85,105)(H,87,115)(H,88,106)(H,89,104)(H,90,110)(H,91,107)(H,92,113)(H,94,116)(H,95,114)(H,96,109)(H,97,112)(H,98,111)/b23-19+/t44?,45-,51+,53-,54-,55?,56+,57?,58+,59-,60-,64?,65?,69+/m0/s1. The molecule has 3 aromatic carbocycles. The van der Waals surface area contributed by atoms with Crippen LogP contribution in [0.3, 0.4) is 0 Å². The Hall–Kier alpha value is -10.9. The van der Waals surface area contributed by atoms with Crippen LogP contribution in [-0.4, -0.2) is 263 Å². The summed E-state index contributed by atoms with van der Waals surface area (Å²) >= 11 is 1.33. The molecule has 118 heavy (non-hydrogen) atoms. The van der Waals surface area contributed by atoms with Crippen LogP contribution in [0.1, 0.15) is 113 Å². The van der Waals surface area contributed by atoms with Gasteiger partial charge < -0.3 is 118 Å². The maximum absolute atomic E-state index is 14.8. The van der Waals surface area contributed by atoms with Gasteiger partial charge in [-0.25, -0.2) is 4.79 Å². The lowest BCUT2D eigenvalue weighted by molar-refractivity contribution is -0.136. The van der Waals surface area contributed by atoms with Crippen molar-refractivity contribution in [1.29, 1.82) is 0 Å². The summed E-state index contributed by atoms with van der Waals surface area (Å²) in [4.78, 5) is 189. The number of aromatic nitrogens is 3. The first-order valence-corrected chi connectivity index (χ1v) is 39.9. The molecule has 0 saturated carbocycles. The molecule has 40 heteroatoms. The number of carbonyl (C=O) groups is 13. The summed E-state index contributed by atoms with van der Waals surface area (Å²) in [7, 11) is 3.06. The van der Waals surface area contributed by atoms with Gasteiger partial charge in [0.25, 0.3) is 5.91 Å². The summed E-state index contributed by atoms with van der Waals surface area (Å²) < 4.78 is 1.24. The van der Waals surface area contributed by atoms with Crippen molar-refractivity contribution in [3.63, 3.8) is 0 Å². The summed E-state index contributed by atoms with van der Waals surface area (Å²) in [6.07, 6.45) is -2.40. The number of rotatable bonds is 36. The second kappa shape index (κ2) is 48.7. The summed E-state index contributed by atoms with van der Waals surface area (Å²) in [5.74, 6) is -10.5. The van der Waals surface area contributed by atoms with Crippen molar-refractivity contribution in [2.24, 2.45) is 40.3 Å². The number of fused-ring (bicyclic) bond motifs is 1. The number of aliphatic hydroxyl groups is 3. The third-order valence-corrected chi connectivity index (χ3v) is 20.1. The summed E-state index contributed by atoms with van der Waals surface area (Å²) in [5.41, 5.74) is 38.5. The number of hydrogen-bond donors (Lipinski definition) is 22. The lowest BCUT2D eigenvalue weighted by Gasteiger charge is -2.31. The molecule has 2 aromatic heterocycles. The molecule has 0 radical (unpaired) electrons. The van der Waals surface area contributed by atoms with Crippen LogP contribution in [0.2, 0.25) is 0 Å². The minimum atomic E-state index is -1.97.